The van der Waals surface area contributed by atoms with Crippen LogP contribution in [0.1, 0.15) is 15.9 Å². The molecule has 0 saturated heterocycles. The van der Waals surface area contributed by atoms with Crippen molar-refractivity contribution in [3.8, 4) is 11.5 Å². The Hall–Kier alpha value is -4.63. The van der Waals surface area contributed by atoms with E-state index in [0.29, 0.717) is 22.6 Å². The zero-order valence-electron chi connectivity index (χ0n) is 19.8. The van der Waals surface area contributed by atoms with Crippen LogP contribution < -0.4 is 9.47 Å². The van der Waals surface area contributed by atoms with Crippen LogP contribution in [0.15, 0.2) is 84.9 Å². The van der Waals surface area contributed by atoms with Gasteiger partial charge in [0.1, 0.15) is 11.5 Å². The molecule has 0 amide bonds. The topological polar surface area (TPSA) is 35.5 Å². The van der Waals surface area contributed by atoms with Gasteiger partial charge in [0.05, 0.1) is 25.2 Å². The summed E-state index contributed by atoms with van der Waals surface area (Å²) in [6.45, 7) is 0. The van der Waals surface area contributed by atoms with E-state index in [2.05, 4.69) is 54.6 Å². The molecule has 36 heavy (non-hydrogen) atoms. The average Bonchev–Trinajstić information content (AvgIpc) is 2.94. The van der Waals surface area contributed by atoms with Crippen molar-refractivity contribution in [2.75, 3.05) is 14.2 Å². The first-order valence-electron chi connectivity index (χ1n) is 12.1. The molecule has 3 nitrogen and oxygen atoms in total. The Bertz CT molecular complexity index is 2120. The van der Waals surface area contributed by atoms with Crippen LogP contribution in [0.2, 0.25) is 0 Å². The van der Waals surface area contributed by atoms with Crippen LogP contribution in [-0.4, -0.2) is 20.0 Å². The van der Waals surface area contributed by atoms with E-state index in [1.165, 1.54) is 32.3 Å². The van der Waals surface area contributed by atoms with Crippen molar-refractivity contribution >= 4 is 70.4 Å². The van der Waals surface area contributed by atoms with Crippen LogP contribution in [0, 0.1) is 0 Å². The van der Waals surface area contributed by atoms with Gasteiger partial charge in [0.25, 0.3) is 0 Å². The number of carbonyl (C=O) groups excluding carboxylic acids is 1. The Labute approximate surface area is 206 Å². The molecule has 170 valence electrons. The second kappa shape index (κ2) is 6.73. The minimum absolute atomic E-state index is 0.0555. The lowest BCUT2D eigenvalue weighted by Crippen LogP contribution is -2.07. The maximum Gasteiger partial charge on any atom is 0.197 e. The molecule has 0 aliphatic heterocycles. The van der Waals surface area contributed by atoms with Gasteiger partial charge in [-0.3, -0.25) is 4.79 Å². The maximum absolute atomic E-state index is 14.1. The lowest BCUT2D eigenvalue weighted by molar-refractivity contribution is 0.103. The Morgan fingerprint density at radius 3 is 1.72 bits per heavy atom. The largest absolute Gasteiger partial charge is 0.496 e. The van der Waals surface area contributed by atoms with Crippen LogP contribution in [0.3, 0.4) is 0 Å². The first-order valence-corrected chi connectivity index (χ1v) is 12.1. The second-order valence-corrected chi connectivity index (χ2v) is 9.51. The number of hydrogen-bond acceptors (Lipinski definition) is 3. The Morgan fingerprint density at radius 1 is 0.556 bits per heavy atom. The van der Waals surface area contributed by atoms with Crippen molar-refractivity contribution in [2.45, 2.75) is 0 Å². The van der Waals surface area contributed by atoms with E-state index >= 15 is 0 Å². The van der Waals surface area contributed by atoms with E-state index in [9.17, 15) is 4.79 Å². The summed E-state index contributed by atoms with van der Waals surface area (Å²) in [5.74, 6) is 1.22. The third kappa shape index (κ3) is 2.21. The van der Waals surface area contributed by atoms with Crippen LogP contribution in [0.4, 0.5) is 0 Å². The minimum atomic E-state index is -0.0555. The number of ether oxygens (including phenoxy) is 2. The summed E-state index contributed by atoms with van der Waals surface area (Å²) in [6.07, 6.45) is 0. The molecule has 0 fully saturated rings. The number of carbonyl (C=O) groups is 1. The molecule has 8 aromatic rings. The Morgan fingerprint density at radius 2 is 1.11 bits per heavy atom. The van der Waals surface area contributed by atoms with Gasteiger partial charge in [-0.25, -0.2) is 0 Å². The van der Waals surface area contributed by atoms with Gasteiger partial charge in [0.15, 0.2) is 5.78 Å². The quantitative estimate of drug-likeness (QED) is 0.150. The predicted octanol–water partition coefficient (Wildman–Crippen LogP) is 8.17. The summed E-state index contributed by atoms with van der Waals surface area (Å²) in [4.78, 5) is 14.1. The molecule has 8 aromatic carbocycles. The van der Waals surface area contributed by atoms with Crippen LogP contribution in [0.5, 0.6) is 11.5 Å². The van der Waals surface area contributed by atoms with E-state index in [4.69, 9.17) is 9.47 Å². The van der Waals surface area contributed by atoms with Gasteiger partial charge in [0, 0.05) is 10.9 Å². The van der Waals surface area contributed by atoms with E-state index in [0.717, 1.165) is 32.3 Å². The van der Waals surface area contributed by atoms with E-state index in [-0.39, 0.29) is 5.78 Å². The second-order valence-electron chi connectivity index (χ2n) is 9.51. The van der Waals surface area contributed by atoms with Crippen LogP contribution in [0.25, 0.3) is 64.6 Å². The number of ketones is 1. The van der Waals surface area contributed by atoms with Gasteiger partial charge in [-0.1, -0.05) is 78.9 Å². The first kappa shape index (κ1) is 19.7. The van der Waals surface area contributed by atoms with Crippen LogP contribution in [-0.2, 0) is 0 Å². The van der Waals surface area contributed by atoms with Crippen molar-refractivity contribution < 1.29 is 14.3 Å². The third-order valence-electron chi connectivity index (χ3n) is 7.87. The van der Waals surface area contributed by atoms with Crippen molar-refractivity contribution in [1.82, 2.24) is 0 Å². The van der Waals surface area contributed by atoms with E-state index in [1.54, 1.807) is 14.2 Å². The highest BCUT2D eigenvalue weighted by Gasteiger charge is 2.29. The van der Waals surface area contributed by atoms with Gasteiger partial charge in [-0.2, -0.15) is 0 Å². The summed E-state index contributed by atoms with van der Waals surface area (Å²) >= 11 is 0. The smallest absolute Gasteiger partial charge is 0.197 e. The molecule has 0 spiro atoms. The first-order chi connectivity index (χ1) is 17.7. The monoisotopic (exact) mass is 464 g/mol. The predicted molar refractivity (Wildman–Crippen MR) is 148 cm³/mol. The lowest BCUT2D eigenvalue weighted by atomic mass is 9.80. The highest BCUT2D eigenvalue weighted by atomic mass is 16.5. The van der Waals surface area contributed by atoms with Gasteiger partial charge >= 0.3 is 0 Å². The standard InChI is InChI=1S/C33H20O3/c1-35-23-16-21-13-12-18-9-8-17-10-11-19-14-15-22-28-26(19)24(17)25(18)27(21)31(28)30(23)33(36-2)29(22)32(34)20-6-4-3-5-7-20/h3-16H,1-2H3. The molecule has 0 atom stereocenters. The van der Waals surface area contributed by atoms with Crippen molar-refractivity contribution in [3.63, 3.8) is 0 Å². The van der Waals surface area contributed by atoms with Gasteiger partial charge in [-0.15, -0.1) is 0 Å². The van der Waals surface area contributed by atoms with E-state index < -0.39 is 0 Å². The molecule has 8 rings (SSSR count). The molecular weight excluding hydrogens is 444 g/mol. The van der Waals surface area contributed by atoms with Crippen LogP contribution >= 0.6 is 0 Å². The highest BCUT2D eigenvalue weighted by Crippen LogP contribution is 2.54. The Kier molecular flexibility index (Phi) is 3.68. The summed E-state index contributed by atoms with van der Waals surface area (Å²) < 4.78 is 12.0. The molecule has 0 saturated carbocycles. The van der Waals surface area contributed by atoms with Gasteiger partial charge in [0.2, 0.25) is 0 Å². The number of rotatable bonds is 4. The molecule has 0 aliphatic carbocycles. The van der Waals surface area contributed by atoms with E-state index in [1.807, 2.05) is 30.3 Å². The highest BCUT2D eigenvalue weighted by molar-refractivity contribution is 6.47. The summed E-state index contributed by atoms with van der Waals surface area (Å²) in [5.41, 5.74) is 1.21. The fourth-order valence-electron chi connectivity index (χ4n) is 6.43. The molecule has 3 heteroatoms. The molecule has 0 bridgehead atoms. The fraction of sp³-hybridized carbons (Fsp3) is 0.0606. The lowest BCUT2D eigenvalue weighted by Gasteiger charge is -2.24. The summed E-state index contributed by atoms with van der Waals surface area (Å²) in [7, 11) is 3.33. The minimum Gasteiger partial charge on any atom is -0.496 e. The maximum atomic E-state index is 14.1. The molecule has 0 aromatic heterocycles. The summed E-state index contributed by atoms with van der Waals surface area (Å²) in [6, 6.07) is 28.9. The normalized spacial score (nSPS) is 12.3. The molecule has 0 unspecified atom stereocenters. The number of hydrogen-bond donors (Lipinski definition) is 0. The fourth-order valence-corrected chi connectivity index (χ4v) is 6.43. The van der Waals surface area contributed by atoms with Crippen molar-refractivity contribution in [1.29, 1.82) is 0 Å². The summed E-state index contributed by atoms with van der Waals surface area (Å²) in [5, 5.41) is 13.6. The molecule has 0 aliphatic rings. The van der Waals surface area contributed by atoms with Gasteiger partial charge < -0.3 is 9.47 Å². The zero-order valence-corrected chi connectivity index (χ0v) is 19.8. The molecule has 0 radical (unpaired) electrons. The Balaban J connectivity index is 1.75. The van der Waals surface area contributed by atoms with Crippen molar-refractivity contribution in [3.05, 3.63) is 96.1 Å². The molecule has 0 N–H and O–H groups in total. The molecular formula is C33H20O3. The van der Waals surface area contributed by atoms with Gasteiger partial charge in [-0.05, 0) is 59.9 Å². The van der Waals surface area contributed by atoms with Crippen molar-refractivity contribution in [2.24, 2.45) is 0 Å². The SMILES string of the molecule is COc1cc2ccc3ccc4ccc5ccc6c(C(=O)c7ccccc7)c(OC)c1c1c2c3c4c5c61. The molecule has 0 heterocycles. The average molecular weight is 465 g/mol. The number of methoxy groups -OCH3 is 2. The number of benzene rings is 8. The third-order valence-corrected chi connectivity index (χ3v) is 7.87. The zero-order chi connectivity index (χ0) is 24.1.